The molecule has 0 unspecified atom stereocenters. The number of carbonyl (C=O) groups is 2. The molecule has 0 fully saturated rings. The van der Waals surface area contributed by atoms with E-state index < -0.39 is 0 Å². The van der Waals surface area contributed by atoms with Gasteiger partial charge in [-0.2, -0.15) is 0 Å². The number of aliphatic hydroxyl groups is 1. The van der Waals surface area contributed by atoms with Crippen LogP contribution >= 0.6 is 0 Å². The van der Waals surface area contributed by atoms with E-state index in [0.717, 1.165) is 5.56 Å². The van der Waals surface area contributed by atoms with Crippen LogP contribution in [0.25, 0.3) is 0 Å². The molecule has 0 radical (unpaired) electrons. The van der Waals surface area contributed by atoms with Crippen molar-refractivity contribution >= 4 is 17.5 Å². The van der Waals surface area contributed by atoms with Crippen molar-refractivity contribution in [1.29, 1.82) is 0 Å². The van der Waals surface area contributed by atoms with Gasteiger partial charge in [0.1, 0.15) is 0 Å². The van der Waals surface area contributed by atoms with Crippen LogP contribution in [0.1, 0.15) is 29.3 Å². The number of Topliss-reactive ketones (excluding diaryl/α,β-unsaturated/α-hetero) is 1. The molecule has 0 aliphatic heterocycles. The fourth-order valence-corrected chi connectivity index (χ4v) is 2.24. The van der Waals surface area contributed by atoms with Gasteiger partial charge in [0.2, 0.25) is 0 Å². The normalized spacial score (nSPS) is 10.2. The molecule has 24 heavy (non-hydrogen) atoms. The van der Waals surface area contributed by atoms with Crippen LogP contribution in [0.5, 0.6) is 0 Å². The Balaban J connectivity index is 2.09. The Labute approximate surface area is 141 Å². The molecular weight excluding hydrogens is 306 g/mol. The van der Waals surface area contributed by atoms with E-state index in [1.165, 1.54) is 6.92 Å². The number of hydrogen-bond donors (Lipinski definition) is 2. The summed E-state index contributed by atoms with van der Waals surface area (Å²) in [5.41, 5.74) is 2.01. The van der Waals surface area contributed by atoms with Crippen molar-refractivity contribution in [3.8, 4) is 0 Å². The Morgan fingerprint density at radius 1 is 1.25 bits per heavy atom. The van der Waals surface area contributed by atoms with Crippen LogP contribution < -0.4 is 5.32 Å². The Hall–Kier alpha value is -2.73. The highest BCUT2D eigenvalue weighted by Crippen LogP contribution is 2.13. The van der Waals surface area contributed by atoms with E-state index in [1.54, 1.807) is 41.6 Å². The third kappa shape index (κ3) is 5.17. The van der Waals surface area contributed by atoms with Crippen LogP contribution in [-0.2, 0) is 6.54 Å². The van der Waals surface area contributed by atoms with Gasteiger partial charge in [0.25, 0.3) is 0 Å². The lowest BCUT2D eigenvalue weighted by molar-refractivity contribution is 0.101. The molecule has 0 aliphatic rings. The van der Waals surface area contributed by atoms with Gasteiger partial charge < -0.3 is 15.3 Å². The van der Waals surface area contributed by atoms with Gasteiger partial charge in [-0.3, -0.25) is 9.78 Å². The van der Waals surface area contributed by atoms with Gasteiger partial charge in [-0.15, -0.1) is 0 Å². The van der Waals surface area contributed by atoms with E-state index in [9.17, 15) is 9.59 Å². The Morgan fingerprint density at radius 3 is 2.75 bits per heavy atom. The SMILES string of the molecule is CC(=O)c1cccc(NC(=O)N(CCCO)Cc2cccnc2)c1. The smallest absolute Gasteiger partial charge is 0.322 e. The fraction of sp³-hybridized carbons (Fsp3) is 0.278. The highest BCUT2D eigenvalue weighted by molar-refractivity contribution is 5.96. The highest BCUT2D eigenvalue weighted by atomic mass is 16.3. The summed E-state index contributed by atoms with van der Waals surface area (Å²) in [5, 5.41) is 11.8. The third-order valence-corrected chi connectivity index (χ3v) is 3.49. The lowest BCUT2D eigenvalue weighted by Gasteiger charge is -2.23. The molecular formula is C18H21N3O3. The van der Waals surface area contributed by atoms with Crippen molar-refractivity contribution in [2.24, 2.45) is 0 Å². The van der Waals surface area contributed by atoms with E-state index in [4.69, 9.17) is 5.11 Å². The number of urea groups is 1. The molecule has 0 atom stereocenters. The monoisotopic (exact) mass is 327 g/mol. The largest absolute Gasteiger partial charge is 0.396 e. The molecule has 0 bridgehead atoms. The van der Waals surface area contributed by atoms with Crippen molar-refractivity contribution in [3.05, 3.63) is 59.9 Å². The van der Waals surface area contributed by atoms with Gasteiger partial charge in [-0.1, -0.05) is 18.2 Å². The zero-order valence-corrected chi connectivity index (χ0v) is 13.6. The van der Waals surface area contributed by atoms with Gasteiger partial charge in [0.15, 0.2) is 5.78 Å². The number of nitrogens with one attached hydrogen (secondary N) is 1. The number of rotatable bonds is 7. The van der Waals surface area contributed by atoms with E-state index in [-0.39, 0.29) is 18.4 Å². The summed E-state index contributed by atoms with van der Waals surface area (Å²) in [6, 6.07) is 10.2. The summed E-state index contributed by atoms with van der Waals surface area (Å²) in [6.45, 7) is 2.31. The number of ketones is 1. The summed E-state index contributed by atoms with van der Waals surface area (Å²) in [4.78, 5) is 29.6. The van der Waals surface area contributed by atoms with Crippen LogP contribution in [0.3, 0.4) is 0 Å². The van der Waals surface area contributed by atoms with Crippen molar-refractivity contribution in [3.63, 3.8) is 0 Å². The maximum Gasteiger partial charge on any atom is 0.322 e. The molecule has 0 spiro atoms. The molecule has 2 N–H and O–H groups in total. The van der Waals surface area contributed by atoms with Gasteiger partial charge in [0.05, 0.1) is 0 Å². The van der Waals surface area contributed by atoms with Crippen molar-refractivity contribution in [2.45, 2.75) is 19.9 Å². The molecule has 1 aromatic heterocycles. The van der Waals surface area contributed by atoms with Crippen LogP contribution in [0.15, 0.2) is 48.8 Å². The zero-order chi connectivity index (χ0) is 17.4. The average Bonchev–Trinajstić information content (AvgIpc) is 2.59. The first-order chi connectivity index (χ1) is 11.6. The number of hydrogen-bond acceptors (Lipinski definition) is 4. The standard InChI is InChI=1S/C18H21N3O3/c1-14(23)16-6-2-7-17(11-16)20-18(24)21(9-4-10-22)13-15-5-3-8-19-12-15/h2-3,5-8,11-12,22H,4,9-10,13H2,1H3,(H,20,24). The van der Waals surface area contributed by atoms with Crippen LogP contribution in [-0.4, -0.2) is 40.0 Å². The van der Waals surface area contributed by atoms with E-state index >= 15 is 0 Å². The van der Waals surface area contributed by atoms with Crippen LogP contribution in [0.4, 0.5) is 10.5 Å². The van der Waals surface area contributed by atoms with Gasteiger partial charge in [-0.25, -0.2) is 4.79 Å². The van der Waals surface area contributed by atoms with Crippen molar-refractivity contribution in [1.82, 2.24) is 9.88 Å². The van der Waals surface area contributed by atoms with Crippen LogP contribution in [0, 0.1) is 0 Å². The molecule has 2 aromatic rings. The molecule has 0 aliphatic carbocycles. The number of nitrogens with zero attached hydrogens (tertiary/aromatic N) is 2. The average molecular weight is 327 g/mol. The van der Waals surface area contributed by atoms with Crippen molar-refractivity contribution < 1.29 is 14.7 Å². The second-order valence-electron chi connectivity index (χ2n) is 5.43. The van der Waals surface area contributed by atoms with E-state index in [1.807, 2.05) is 12.1 Å². The first-order valence-corrected chi connectivity index (χ1v) is 7.77. The topological polar surface area (TPSA) is 82.5 Å². The van der Waals surface area contributed by atoms with Crippen molar-refractivity contribution in [2.75, 3.05) is 18.5 Å². The predicted octanol–water partition coefficient (Wildman–Crippen LogP) is 2.70. The van der Waals surface area contributed by atoms with Gasteiger partial charge in [0, 0.05) is 43.3 Å². The minimum Gasteiger partial charge on any atom is -0.396 e. The summed E-state index contributed by atoms with van der Waals surface area (Å²) in [7, 11) is 0. The number of amides is 2. The zero-order valence-electron chi connectivity index (χ0n) is 13.6. The lowest BCUT2D eigenvalue weighted by Crippen LogP contribution is -2.35. The molecule has 0 saturated carbocycles. The number of anilines is 1. The summed E-state index contributed by atoms with van der Waals surface area (Å²) in [6.07, 6.45) is 3.87. The number of aliphatic hydroxyl groups excluding tert-OH is 1. The molecule has 6 nitrogen and oxygen atoms in total. The Bertz CT molecular complexity index is 689. The second kappa shape index (κ2) is 8.79. The molecule has 2 rings (SSSR count). The van der Waals surface area contributed by atoms with Gasteiger partial charge in [-0.05, 0) is 37.1 Å². The lowest BCUT2D eigenvalue weighted by atomic mass is 10.1. The quantitative estimate of drug-likeness (QED) is 0.766. The molecule has 6 heteroatoms. The summed E-state index contributed by atoms with van der Waals surface area (Å²) >= 11 is 0. The number of benzene rings is 1. The Morgan fingerprint density at radius 2 is 2.08 bits per heavy atom. The first-order valence-electron chi connectivity index (χ1n) is 7.77. The summed E-state index contributed by atoms with van der Waals surface area (Å²) < 4.78 is 0. The maximum absolute atomic E-state index is 12.5. The Kier molecular flexibility index (Phi) is 6.45. The molecule has 1 heterocycles. The number of carbonyl (C=O) groups excluding carboxylic acids is 2. The summed E-state index contributed by atoms with van der Waals surface area (Å²) in [5.74, 6) is -0.0569. The maximum atomic E-state index is 12.5. The molecule has 0 saturated heterocycles. The number of aromatic nitrogens is 1. The molecule has 126 valence electrons. The molecule has 1 aromatic carbocycles. The van der Waals surface area contributed by atoms with Gasteiger partial charge >= 0.3 is 6.03 Å². The second-order valence-corrected chi connectivity index (χ2v) is 5.43. The minimum atomic E-state index is -0.284. The van der Waals surface area contributed by atoms with Crippen LogP contribution in [0.2, 0.25) is 0 Å². The molecule has 2 amide bonds. The fourth-order valence-electron chi connectivity index (χ4n) is 2.24. The number of pyridine rings is 1. The predicted molar refractivity (Wildman–Crippen MR) is 91.8 cm³/mol. The highest BCUT2D eigenvalue weighted by Gasteiger charge is 2.14. The van der Waals surface area contributed by atoms with E-state index in [2.05, 4.69) is 10.3 Å². The minimum absolute atomic E-state index is 0.0106. The first kappa shape index (κ1) is 17.6. The van der Waals surface area contributed by atoms with E-state index in [0.29, 0.717) is 30.8 Å². The third-order valence-electron chi connectivity index (χ3n) is 3.49.